The molecule has 0 radical (unpaired) electrons. The van der Waals surface area contributed by atoms with Crippen molar-refractivity contribution in [1.82, 2.24) is 9.47 Å². The summed E-state index contributed by atoms with van der Waals surface area (Å²) < 4.78 is 8.15. The number of benzene rings is 2. The van der Waals surface area contributed by atoms with E-state index < -0.39 is 0 Å². The fourth-order valence-corrected chi connectivity index (χ4v) is 4.73. The zero-order chi connectivity index (χ0) is 22.5. The zero-order valence-electron chi connectivity index (χ0n) is 18.9. The first-order valence-electron chi connectivity index (χ1n) is 11.8. The maximum absolute atomic E-state index is 12.8. The summed E-state index contributed by atoms with van der Waals surface area (Å²) in [5, 5.41) is 0. The van der Waals surface area contributed by atoms with Gasteiger partial charge < -0.3 is 9.30 Å². The molecule has 5 rings (SSSR count). The van der Waals surface area contributed by atoms with Crippen LogP contribution in [0.1, 0.15) is 29.7 Å². The van der Waals surface area contributed by atoms with E-state index in [0.717, 1.165) is 50.2 Å². The third kappa shape index (κ3) is 5.35. The van der Waals surface area contributed by atoms with Crippen LogP contribution in [-0.4, -0.2) is 22.1 Å². The van der Waals surface area contributed by atoms with Crippen LogP contribution in [0.25, 0.3) is 0 Å². The first kappa shape index (κ1) is 21.5. The lowest BCUT2D eigenvalue weighted by molar-refractivity contribution is 0.148. The lowest BCUT2D eigenvalue weighted by atomic mass is 9.99. The molecular formula is C29H30N2O2. The summed E-state index contributed by atoms with van der Waals surface area (Å²) in [5.41, 5.74) is 4.88. The van der Waals surface area contributed by atoms with Crippen LogP contribution < -0.4 is 10.2 Å². The molecule has 1 aliphatic carbocycles. The Hall–Kier alpha value is -3.37. The lowest BCUT2D eigenvalue weighted by Gasteiger charge is -2.39. The van der Waals surface area contributed by atoms with Crippen LogP contribution in [0.2, 0.25) is 0 Å². The molecule has 4 nitrogen and oxygen atoms in total. The Morgan fingerprint density at radius 1 is 0.970 bits per heavy atom. The van der Waals surface area contributed by atoms with Crippen molar-refractivity contribution < 1.29 is 4.74 Å². The summed E-state index contributed by atoms with van der Waals surface area (Å²) in [6.07, 6.45) is 11.8. The Morgan fingerprint density at radius 3 is 2.45 bits per heavy atom. The maximum Gasteiger partial charge on any atom is 0.223 e. The summed E-state index contributed by atoms with van der Waals surface area (Å²) in [7, 11) is 0. The van der Waals surface area contributed by atoms with Gasteiger partial charge in [0.05, 0.1) is 6.20 Å². The van der Waals surface area contributed by atoms with Gasteiger partial charge in [-0.25, -0.2) is 0 Å². The van der Waals surface area contributed by atoms with Gasteiger partial charge in [0.15, 0.2) is 5.75 Å². The van der Waals surface area contributed by atoms with E-state index in [0.29, 0.717) is 18.4 Å². The summed E-state index contributed by atoms with van der Waals surface area (Å²) in [6.45, 7) is 2.96. The van der Waals surface area contributed by atoms with Crippen molar-refractivity contribution in [3.05, 3.63) is 124 Å². The molecule has 1 aromatic heterocycles. The number of hydrogen-bond donors (Lipinski definition) is 0. The summed E-state index contributed by atoms with van der Waals surface area (Å²) in [6, 6.07) is 22.8. The number of fused-ring (bicyclic) bond motifs is 1. The second-order valence-electron chi connectivity index (χ2n) is 8.96. The van der Waals surface area contributed by atoms with Gasteiger partial charge in [-0.2, -0.15) is 0 Å². The van der Waals surface area contributed by atoms with Crippen LogP contribution in [0.3, 0.4) is 0 Å². The third-order valence-electron chi connectivity index (χ3n) is 6.53. The van der Waals surface area contributed by atoms with Crippen LogP contribution in [-0.2, 0) is 26.1 Å². The van der Waals surface area contributed by atoms with E-state index in [1.54, 1.807) is 6.07 Å². The van der Waals surface area contributed by atoms with E-state index in [9.17, 15) is 4.79 Å². The van der Waals surface area contributed by atoms with E-state index in [2.05, 4.69) is 58.0 Å². The third-order valence-corrected chi connectivity index (χ3v) is 6.53. The Balaban J connectivity index is 1.39. The van der Waals surface area contributed by atoms with E-state index >= 15 is 0 Å². The maximum atomic E-state index is 12.8. The molecular weight excluding hydrogens is 408 g/mol. The van der Waals surface area contributed by atoms with Gasteiger partial charge in [-0.15, -0.1) is 0 Å². The molecule has 0 N–H and O–H groups in total. The molecule has 2 aliphatic rings. The van der Waals surface area contributed by atoms with Gasteiger partial charge in [0.2, 0.25) is 5.43 Å². The minimum Gasteiger partial charge on any atom is -0.483 e. The van der Waals surface area contributed by atoms with E-state index in [4.69, 9.17) is 4.74 Å². The van der Waals surface area contributed by atoms with Crippen LogP contribution in [0.5, 0.6) is 5.75 Å². The van der Waals surface area contributed by atoms with Gasteiger partial charge in [-0.3, -0.25) is 9.69 Å². The molecule has 0 amide bonds. The van der Waals surface area contributed by atoms with Crippen LogP contribution >= 0.6 is 0 Å². The molecule has 0 saturated carbocycles. The topological polar surface area (TPSA) is 34.5 Å². The average molecular weight is 439 g/mol. The van der Waals surface area contributed by atoms with E-state index in [-0.39, 0.29) is 5.43 Å². The molecule has 2 heterocycles. The quantitative estimate of drug-likeness (QED) is 0.513. The number of pyridine rings is 1. The van der Waals surface area contributed by atoms with Crippen LogP contribution in [0, 0.1) is 0 Å². The second-order valence-corrected chi connectivity index (χ2v) is 8.96. The Labute approximate surface area is 195 Å². The lowest BCUT2D eigenvalue weighted by Crippen LogP contribution is -2.45. The number of hydrogen-bond acceptors (Lipinski definition) is 3. The molecule has 2 aromatic carbocycles. The van der Waals surface area contributed by atoms with Gasteiger partial charge in [0, 0.05) is 37.4 Å². The van der Waals surface area contributed by atoms with Crippen LogP contribution in [0.15, 0.2) is 102 Å². The SMILES string of the molecule is O=c1cc2n(cc1OCc1ccccc1)C[C@@H](Cc1ccccc1)N(CC1=CC=CCC1)C2. The van der Waals surface area contributed by atoms with Crippen molar-refractivity contribution >= 4 is 0 Å². The molecule has 0 unspecified atom stereocenters. The van der Waals surface area contributed by atoms with Crippen molar-refractivity contribution in [2.75, 3.05) is 6.54 Å². The van der Waals surface area contributed by atoms with Crippen molar-refractivity contribution in [2.45, 2.75) is 45.0 Å². The Bertz CT molecular complexity index is 1200. The monoisotopic (exact) mass is 438 g/mol. The second kappa shape index (κ2) is 10.1. The fourth-order valence-electron chi connectivity index (χ4n) is 4.73. The fraction of sp³-hybridized carbons (Fsp3) is 0.276. The van der Waals surface area contributed by atoms with Gasteiger partial charge in [-0.05, 0) is 30.4 Å². The molecule has 0 fully saturated rings. The van der Waals surface area contributed by atoms with Gasteiger partial charge >= 0.3 is 0 Å². The van der Waals surface area contributed by atoms with Crippen molar-refractivity contribution in [3.63, 3.8) is 0 Å². The smallest absolute Gasteiger partial charge is 0.223 e. The molecule has 0 spiro atoms. The number of rotatable bonds is 7. The molecule has 1 atom stereocenters. The van der Waals surface area contributed by atoms with Gasteiger partial charge in [0.1, 0.15) is 6.61 Å². The summed E-state index contributed by atoms with van der Waals surface area (Å²) in [4.78, 5) is 15.3. The first-order valence-corrected chi connectivity index (χ1v) is 11.8. The van der Waals surface area contributed by atoms with Crippen molar-refractivity contribution in [3.8, 4) is 5.75 Å². The first-order chi connectivity index (χ1) is 16.2. The molecule has 3 aromatic rings. The summed E-state index contributed by atoms with van der Waals surface area (Å²) in [5.74, 6) is 0.426. The highest BCUT2D eigenvalue weighted by Crippen LogP contribution is 2.25. The highest BCUT2D eigenvalue weighted by Gasteiger charge is 2.27. The molecule has 168 valence electrons. The number of nitrogens with zero attached hydrogens (tertiary/aromatic N) is 2. The largest absolute Gasteiger partial charge is 0.483 e. The van der Waals surface area contributed by atoms with Gasteiger partial charge in [-0.1, -0.05) is 84.5 Å². The minimum absolute atomic E-state index is 0.0431. The predicted octanol–water partition coefficient (Wildman–Crippen LogP) is 5.13. The standard InChI is InChI=1S/C29H30N2O2/c32-28-17-27-20-30(18-24-12-6-2-7-13-24)26(16-23-10-4-1-5-11-23)19-31(27)21-29(28)33-22-25-14-8-3-9-15-25/h1-6,8-12,14-15,17,21,26H,7,13,16,18-20,22H2/t26-/m1/s1. The Kier molecular flexibility index (Phi) is 6.54. The normalized spacial score (nSPS) is 17.9. The molecule has 4 heteroatoms. The van der Waals surface area contributed by atoms with Gasteiger partial charge in [0.25, 0.3) is 0 Å². The number of allylic oxidation sites excluding steroid dienone is 3. The predicted molar refractivity (Wildman–Crippen MR) is 132 cm³/mol. The molecule has 0 bridgehead atoms. The van der Waals surface area contributed by atoms with E-state index in [1.807, 2.05) is 36.5 Å². The highest BCUT2D eigenvalue weighted by atomic mass is 16.5. The highest BCUT2D eigenvalue weighted by molar-refractivity contribution is 5.26. The molecule has 0 saturated heterocycles. The average Bonchev–Trinajstić information content (AvgIpc) is 2.85. The zero-order valence-corrected chi connectivity index (χ0v) is 18.9. The molecule has 33 heavy (non-hydrogen) atoms. The number of ether oxygens (including phenoxy) is 1. The summed E-state index contributed by atoms with van der Waals surface area (Å²) >= 11 is 0. The van der Waals surface area contributed by atoms with Crippen molar-refractivity contribution in [2.24, 2.45) is 0 Å². The Morgan fingerprint density at radius 2 is 1.73 bits per heavy atom. The number of aromatic nitrogens is 1. The van der Waals surface area contributed by atoms with Crippen molar-refractivity contribution in [1.29, 1.82) is 0 Å². The molecule has 1 aliphatic heterocycles. The van der Waals surface area contributed by atoms with Crippen LogP contribution in [0.4, 0.5) is 0 Å². The van der Waals surface area contributed by atoms with E-state index in [1.165, 1.54) is 11.1 Å². The minimum atomic E-state index is -0.0431.